The van der Waals surface area contributed by atoms with Gasteiger partial charge in [0.05, 0.1) is 9.85 Å². The van der Waals surface area contributed by atoms with Crippen molar-refractivity contribution in [2.45, 2.75) is 27.7 Å². The Hall–Kier alpha value is -3.49. The normalized spacial score (nSPS) is 13.8. The van der Waals surface area contributed by atoms with Gasteiger partial charge < -0.3 is 9.80 Å². The fourth-order valence-electron chi connectivity index (χ4n) is 3.63. The number of halogens is 2. The summed E-state index contributed by atoms with van der Waals surface area (Å²) < 4.78 is 1.64. The Morgan fingerprint density at radius 1 is 0.917 bits per heavy atom. The molecule has 1 aliphatic heterocycles. The van der Waals surface area contributed by atoms with E-state index < -0.39 is 9.85 Å². The standard InChI is InChI=1S/C15H21N7O2.C5H3Cl2N3O2/c1-4-19-7-9-20(10-8-19)15-17-11(2)13(22(23)24)14(18-15)21-6-5-16-12(21)3;1-2-3(10(11)12)4(6)9-5(7)8-2/h5-6H,4,7-10H2,1-3H3;1H3. The third-order valence-electron chi connectivity index (χ3n) is 5.54. The number of piperazine rings is 1. The molecule has 0 aliphatic carbocycles. The molecule has 3 aromatic heterocycles. The number of rotatable bonds is 5. The van der Waals surface area contributed by atoms with Crippen molar-refractivity contribution < 1.29 is 9.85 Å². The number of nitro groups is 2. The van der Waals surface area contributed by atoms with Gasteiger partial charge in [-0.05, 0) is 38.9 Å². The molecule has 0 unspecified atom stereocenters. The highest BCUT2D eigenvalue weighted by molar-refractivity contribution is 6.33. The molecule has 0 spiro atoms. The number of anilines is 1. The first kappa shape index (κ1) is 27.1. The van der Waals surface area contributed by atoms with E-state index >= 15 is 0 Å². The van der Waals surface area contributed by atoms with E-state index in [1.54, 1.807) is 30.8 Å². The molecule has 4 rings (SSSR count). The van der Waals surface area contributed by atoms with Gasteiger partial charge >= 0.3 is 11.4 Å². The summed E-state index contributed by atoms with van der Waals surface area (Å²) in [5.41, 5.74) is 0.143. The van der Waals surface area contributed by atoms with Crippen molar-refractivity contribution in [3.8, 4) is 5.82 Å². The maximum atomic E-state index is 11.5. The van der Waals surface area contributed by atoms with Gasteiger partial charge in [-0.1, -0.05) is 18.5 Å². The minimum Gasteiger partial charge on any atom is -0.338 e. The molecule has 16 heteroatoms. The molecule has 36 heavy (non-hydrogen) atoms. The topological polar surface area (TPSA) is 162 Å². The lowest BCUT2D eigenvalue weighted by atomic mass is 10.3. The van der Waals surface area contributed by atoms with E-state index in [1.165, 1.54) is 6.92 Å². The van der Waals surface area contributed by atoms with E-state index in [9.17, 15) is 20.2 Å². The second kappa shape index (κ2) is 11.5. The molecule has 3 aromatic rings. The van der Waals surface area contributed by atoms with Gasteiger partial charge in [-0.25, -0.2) is 15.0 Å². The first-order valence-corrected chi connectivity index (χ1v) is 11.6. The molecule has 4 heterocycles. The van der Waals surface area contributed by atoms with Crippen LogP contribution < -0.4 is 4.90 Å². The summed E-state index contributed by atoms with van der Waals surface area (Å²) in [6.45, 7) is 11.6. The summed E-state index contributed by atoms with van der Waals surface area (Å²) in [6, 6.07) is 0. The zero-order chi connectivity index (χ0) is 26.6. The Balaban J connectivity index is 0.000000253. The van der Waals surface area contributed by atoms with Gasteiger partial charge in [0.15, 0.2) is 0 Å². The predicted octanol–water partition coefficient (Wildman–Crippen LogP) is 3.33. The highest BCUT2D eigenvalue weighted by Gasteiger charge is 2.27. The van der Waals surface area contributed by atoms with Crippen molar-refractivity contribution in [2.24, 2.45) is 0 Å². The Bertz CT molecular complexity index is 1250. The summed E-state index contributed by atoms with van der Waals surface area (Å²) in [5.74, 6) is 1.46. The van der Waals surface area contributed by atoms with Crippen molar-refractivity contribution >= 4 is 40.5 Å². The molecule has 0 atom stereocenters. The number of nitrogens with zero attached hydrogens (tertiary/aromatic N) is 10. The summed E-state index contributed by atoms with van der Waals surface area (Å²) in [6.07, 6.45) is 3.29. The van der Waals surface area contributed by atoms with Crippen LogP contribution in [0.1, 0.15) is 24.1 Å². The van der Waals surface area contributed by atoms with Crippen LogP contribution in [-0.4, -0.2) is 77.0 Å². The average Bonchev–Trinajstić information content (AvgIpc) is 3.23. The van der Waals surface area contributed by atoms with Crippen molar-refractivity contribution in [3.05, 3.63) is 60.3 Å². The average molecular weight is 539 g/mol. The van der Waals surface area contributed by atoms with Crippen LogP contribution in [0, 0.1) is 41.0 Å². The van der Waals surface area contributed by atoms with Gasteiger partial charge in [-0.15, -0.1) is 0 Å². The predicted molar refractivity (Wildman–Crippen MR) is 133 cm³/mol. The summed E-state index contributed by atoms with van der Waals surface area (Å²) in [4.78, 5) is 45.3. The van der Waals surface area contributed by atoms with Gasteiger partial charge in [-0.3, -0.25) is 24.8 Å². The van der Waals surface area contributed by atoms with Gasteiger partial charge in [0.25, 0.3) is 0 Å². The quantitative estimate of drug-likeness (QED) is 0.202. The molecule has 1 saturated heterocycles. The third-order valence-corrected chi connectivity index (χ3v) is 5.97. The van der Waals surface area contributed by atoms with Crippen molar-refractivity contribution in [2.75, 3.05) is 37.6 Å². The van der Waals surface area contributed by atoms with Crippen molar-refractivity contribution in [1.82, 2.24) is 34.4 Å². The maximum absolute atomic E-state index is 11.5. The van der Waals surface area contributed by atoms with E-state index in [2.05, 4.69) is 41.6 Å². The van der Waals surface area contributed by atoms with Crippen LogP contribution in [0.2, 0.25) is 10.4 Å². The minimum absolute atomic E-state index is 0.0768. The smallest absolute Gasteiger partial charge is 0.333 e. The largest absolute Gasteiger partial charge is 0.338 e. The van der Waals surface area contributed by atoms with Crippen LogP contribution in [-0.2, 0) is 0 Å². The lowest BCUT2D eigenvalue weighted by Gasteiger charge is -2.34. The first-order valence-electron chi connectivity index (χ1n) is 10.9. The van der Waals surface area contributed by atoms with E-state index in [0.29, 0.717) is 17.5 Å². The molecule has 0 radical (unpaired) electrons. The number of hydrogen-bond donors (Lipinski definition) is 0. The third kappa shape index (κ3) is 6.01. The molecule has 1 aliphatic rings. The monoisotopic (exact) mass is 538 g/mol. The first-order chi connectivity index (χ1) is 17.0. The SMILES string of the molecule is CCN1CCN(c2nc(C)c([N+](=O)[O-])c(-n3ccnc3C)n2)CC1.Cc1nc(Cl)nc(Cl)c1[N+](=O)[O-]. The summed E-state index contributed by atoms with van der Waals surface area (Å²) >= 11 is 10.9. The molecule has 0 bridgehead atoms. The van der Waals surface area contributed by atoms with Crippen LogP contribution in [0.15, 0.2) is 12.4 Å². The summed E-state index contributed by atoms with van der Waals surface area (Å²) in [7, 11) is 0. The second-order valence-electron chi connectivity index (χ2n) is 7.78. The van der Waals surface area contributed by atoms with Gasteiger partial charge in [-0.2, -0.15) is 9.97 Å². The van der Waals surface area contributed by atoms with Crippen LogP contribution in [0.5, 0.6) is 0 Å². The van der Waals surface area contributed by atoms with Gasteiger partial charge in [0.2, 0.25) is 22.2 Å². The van der Waals surface area contributed by atoms with Crippen LogP contribution in [0.25, 0.3) is 5.82 Å². The van der Waals surface area contributed by atoms with E-state index in [0.717, 1.165) is 32.7 Å². The van der Waals surface area contributed by atoms with Crippen molar-refractivity contribution in [3.63, 3.8) is 0 Å². The molecule has 1 fully saturated rings. The number of hydrogen-bond acceptors (Lipinski definition) is 11. The number of aromatic nitrogens is 6. The number of imidazole rings is 1. The lowest BCUT2D eigenvalue weighted by molar-refractivity contribution is -0.386. The van der Waals surface area contributed by atoms with Gasteiger partial charge in [0, 0.05) is 38.6 Å². The minimum atomic E-state index is -0.645. The molecule has 192 valence electrons. The highest BCUT2D eigenvalue weighted by atomic mass is 35.5. The lowest BCUT2D eigenvalue weighted by Crippen LogP contribution is -2.46. The number of aryl methyl sites for hydroxylation is 3. The van der Waals surface area contributed by atoms with Gasteiger partial charge in [0.1, 0.15) is 17.2 Å². The Labute approximate surface area is 216 Å². The van der Waals surface area contributed by atoms with Crippen LogP contribution >= 0.6 is 23.2 Å². The van der Waals surface area contributed by atoms with E-state index in [4.69, 9.17) is 23.2 Å². The molecule has 0 amide bonds. The zero-order valence-electron chi connectivity index (χ0n) is 20.1. The fraction of sp³-hybridized carbons (Fsp3) is 0.450. The fourth-order valence-corrected chi connectivity index (χ4v) is 4.17. The molecule has 0 N–H and O–H groups in total. The second-order valence-corrected chi connectivity index (χ2v) is 8.47. The Morgan fingerprint density at radius 2 is 1.53 bits per heavy atom. The van der Waals surface area contributed by atoms with Crippen LogP contribution in [0.3, 0.4) is 0 Å². The molecular formula is C20H24Cl2N10O4. The molecule has 0 saturated carbocycles. The maximum Gasteiger partial charge on any atom is 0.333 e. The molecule has 0 aromatic carbocycles. The number of likely N-dealkylation sites (N-methyl/N-ethyl adjacent to an activating group) is 1. The highest BCUT2D eigenvalue weighted by Crippen LogP contribution is 2.28. The van der Waals surface area contributed by atoms with E-state index in [-0.39, 0.29) is 33.3 Å². The Morgan fingerprint density at radius 3 is 2.03 bits per heavy atom. The zero-order valence-corrected chi connectivity index (χ0v) is 21.6. The van der Waals surface area contributed by atoms with E-state index in [1.807, 2.05) is 0 Å². The summed E-state index contributed by atoms with van der Waals surface area (Å²) in [5, 5.41) is 21.5. The molecule has 14 nitrogen and oxygen atoms in total. The van der Waals surface area contributed by atoms with Crippen LogP contribution in [0.4, 0.5) is 17.3 Å². The van der Waals surface area contributed by atoms with Crippen molar-refractivity contribution in [1.29, 1.82) is 0 Å². The molecular weight excluding hydrogens is 515 g/mol. The Kier molecular flexibility index (Phi) is 8.66.